The molecule has 0 aromatic heterocycles. The van der Waals surface area contributed by atoms with Gasteiger partial charge in [-0.2, -0.15) is 0 Å². The highest BCUT2D eigenvalue weighted by Gasteiger charge is 2.19. The van der Waals surface area contributed by atoms with Gasteiger partial charge in [-0.25, -0.2) is 0 Å². The average molecular weight is 220 g/mol. The van der Waals surface area contributed by atoms with Crippen LogP contribution in [0.3, 0.4) is 0 Å². The molecule has 0 amide bonds. The molecule has 86 valence electrons. The minimum absolute atomic E-state index is 0.519. The first kappa shape index (κ1) is 11.0. The number of aliphatic hydroxyl groups is 1. The smallest absolute Gasteiger partial charge is 0.167 e. The summed E-state index contributed by atoms with van der Waals surface area (Å²) >= 11 is 0. The van der Waals surface area contributed by atoms with Crippen LogP contribution in [0, 0.1) is 0 Å². The first-order chi connectivity index (χ1) is 7.83. The Bertz CT molecular complexity index is 373. The number of rotatable bonds is 4. The third-order valence-corrected chi connectivity index (χ3v) is 2.60. The number of para-hydroxylation sites is 1. The molecule has 1 heterocycles. The summed E-state index contributed by atoms with van der Waals surface area (Å²) < 4.78 is 11.0. The van der Waals surface area contributed by atoms with Gasteiger partial charge in [0.05, 0.1) is 6.10 Å². The molecule has 0 fully saturated rings. The van der Waals surface area contributed by atoms with Gasteiger partial charge >= 0.3 is 0 Å². The topological polar surface area (TPSA) is 38.7 Å². The van der Waals surface area contributed by atoms with Gasteiger partial charge in [-0.15, -0.1) is 6.58 Å². The van der Waals surface area contributed by atoms with Crippen LogP contribution >= 0.6 is 0 Å². The molecule has 1 atom stereocenters. The van der Waals surface area contributed by atoms with E-state index in [9.17, 15) is 5.11 Å². The second-order valence-corrected chi connectivity index (χ2v) is 3.75. The lowest BCUT2D eigenvalue weighted by Gasteiger charge is -2.22. The summed E-state index contributed by atoms with van der Waals surface area (Å²) in [6.45, 7) is 4.76. The second-order valence-electron chi connectivity index (χ2n) is 3.75. The SMILES string of the molecule is C=CCCC(O)c1cccc2c1OCCO2. The van der Waals surface area contributed by atoms with Gasteiger partial charge in [0.15, 0.2) is 11.5 Å². The van der Waals surface area contributed by atoms with Crippen molar-refractivity contribution in [3.05, 3.63) is 36.4 Å². The Morgan fingerprint density at radius 1 is 1.38 bits per heavy atom. The predicted molar refractivity (Wildman–Crippen MR) is 61.8 cm³/mol. The molecular formula is C13H16O3. The van der Waals surface area contributed by atoms with Crippen molar-refractivity contribution in [1.82, 2.24) is 0 Å². The zero-order valence-electron chi connectivity index (χ0n) is 9.19. The molecule has 1 unspecified atom stereocenters. The van der Waals surface area contributed by atoms with Crippen molar-refractivity contribution in [3.8, 4) is 11.5 Å². The van der Waals surface area contributed by atoms with Gasteiger partial charge < -0.3 is 14.6 Å². The average Bonchev–Trinajstić information content (AvgIpc) is 2.35. The first-order valence-corrected chi connectivity index (χ1v) is 5.50. The molecule has 3 heteroatoms. The standard InChI is InChI=1S/C13H16O3/c1-2-3-6-11(14)10-5-4-7-12-13(10)16-9-8-15-12/h2,4-5,7,11,14H,1,3,6,8-9H2. The van der Waals surface area contributed by atoms with Crippen molar-refractivity contribution in [2.75, 3.05) is 13.2 Å². The van der Waals surface area contributed by atoms with Gasteiger partial charge in [0.25, 0.3) is 0 Å². The summed E-state index contributed by atoms with van der Waals surface area (Å²) in [6, 6.07) is 5.61. The van der Waals surface area contributed by atoms with E-state index in [-0.39, 0.29) is 0 Å². The predicted octanol–water partition coefficient (Wildman–Crippen LogP) is 2.46. The fraction of sp³-hybridized carbons (Fsp3) is 0.385. The van der Waals surface area contributed by atoms with E-state index < -0.39 is 6.10 Å². The monoisotopic (exact) mass is 220 g/mol. The highest BCUT2D eigenvalue weighted by Crippen LogP contribution is 2.38. The maximum atomic E-state index is 10.0. The number of hydrogen-bond donors (Lipinski definition) is 1. The van der Waals surface area contributed by atoms with Crippen molar-refractivity contribution in [3.63, 3.8) is 0 Å². The van der Waals surface area contributed by atoms with Crippen LogP contribution in [0.25, 0.3) is 0 Å². The Kier molecular flexibility index (Phi) is 3.47. The van der Waals surface area contributed by atoms with Crippen molar-refractivity contribution in [2.45, 2.75) is 18.9 Å². The molecule has 0 bridgehead atoms. The Hall–Kier alpha value is -1.48. The summed E-state index contributed by atoms with van der Waals surface area (Å²) in [4.78, 5) is 0. The van der Waals surface area contributed by atoms with Crippen LogP contribution in [0.15, 0.2) is 30.9 Å². The Morgan fingerprint density at radius 2 is 2.19 bits per heavy atom. The molecule has 0 spiro atoms. The summed E-state index contributed by atoms with van der Waals surface area (Å²) in [5, 5.41) is 10.0. The Balaban J connectivity index is 2.22. The van der Waals surface area contributed by atoms with Crippen molar-refractivity contribution >= 4 is 0 Å². The van der Waals surface area contributed by atoms with Crippen LogP contribution in [-0.4, -0.2) is 18.3 Å². The normalized spacial score (nSPS) is 15.6. The molecule has 0 radical (unpaired) electrons. The third-order valence-electron chi connectivity index (χ3n) is 2.60. The number of hydrogen-bond acceptors (Lipinski definition) is 3. The van der Waals surface area contributed by atoms with Gasteiger partial charge in [0.2, 0.25) is 0 Å². The van der Waals surface area contributed by atoms with Gasteiger partial charge in [0, 0.05) is 5.56 Å². The second kappa shape index (κ2) is 5.03. The lowest BCUT2D eigenvalue weighted by molar-refractivity contribution is 0.141. The third kappa shape index (κ3) is 2.19. The van der Waals surface area contributed by atoms with E-state index in [1.807, 2.05) is 18.2 Å². The molecule has 1 N–H and O–H groups in total. The molecule has 1 aliphatic rings. The quantitative estimate of drug-likeness (QED) is 0.792. The largest absolute Gasteiger partial charge is 0.486 e. The van der Waals surface area contributed by atoms with Gasteiger partial charge in [-0.3, -0.25) is 0 Å². The molecule has 3 nitrogen and oxygen atoms in total. The van der Waals surface area contributed by atoms with Crippen molar-refractivity contribution < 1.29 is 14.6 Å². The number of aliphatic hydroxyl groups excluding tert-OH is 1. The van der Waals surface area contributed by atoms with Crippen LogP contribution < -0.4 is 9.47 Å². The highest BCUT2D eigenvalue weighted by molar-refractivity contribution is 5.48. The maximum absolute atomic E-state index is 10.0. The minimum Gasteiger partial charge on any atom is -0.486 e. The molecule has 2 rings (SSSR count). The highest BCUT2D eigenvalue weighted by atomic mass is 16.6. The summed E-state index contributed by atoms with van der Waals surface area (Å²) in [7, 11) is 0. The van der Waals surface area contributed by atoms with E-state index in [1.165, 1.54) is 0 Å². The lowest BCUT2D eigenvalue weighted by Crippen LogP contribution is -2.17. The Morgan fingerprint density at radius 3 is 3.00 bits per heavy atom. The maximum Gasteiger partial charge on any atom is 0.167 e. The van der Waals surface area contributed by atoms with E-state index in [0.29, 0.717) is 25.4 Å². The summed E-state index contributed by atoms with van der Waals surface area (Å²) in [6.07, 6.45) is 2.72. The molecule has 1 aromatic carbocycles. The first-order valence-electron chi connectivity index (χ1n) is 5.50. The van der Waals surface area contributed by atoms with Crippen LogP contribution in [0.1, 0.15) is 24.5 Å². The minimum atomic E-state index is -0.519. The Labute approximate surface area is 95.3 Å². The molecular weight excluding hydrogens is 204 g/mol. The van der Waals surface area contributed by atoms with Gasteiger partial charge in [0.1, 0.15) is 13.2 Å². The van der Waals surface area contributed by atoms with Crippen LogP contribution in [0.2, 0.25) is 0 Å². The van der Waals surface area contributed by atoms with E-state index in [4.69, 9.17) is 9.47 Å². The molecule has 1 aromatic rings. The number of benzene rings is 1. The summed E-state index contributed by atoms with van der Waals surface area (Å²) in [5.41, 5.74) is 0.805. The number of allylic oxidation sites excluding steroid dienone is 1. The van der Waals surface area contributed by atoms with Crippen LogP contribution in [0.4, 0.5) is 0 Å². The van der Waals surface area contributed by atoms with E-state index in [2.05, 4.69) is 6.58 Å². The van der Waals surface area contributed by atoms with Crippen LogP contribution in [0.5, 0.6) is 11.5 Å². The lowest BCUT2D eigenvalue weighted by atomic mass is 10.0. The van der Waals surface area contributed by atoms with E-state index in [0.717, 1.165) is 17.7 Å². The molecule has 0 saturated heterocycles. The number of ether oxygens (including phenoxy) is 2. The van der Waals surface area contributed by atoms with E-state index >= 15 is 0 Å². The fourth-order valence-electron chi connectivity index (χ4n) is 1.79. The van der Waals surface area contributed by atoms with Gasteiger partial charge in [-0.05, 0) is 18.9 Å². The molecule has 0 saturated carbocycles. The zero-order chi connectivity index (χ0) is 11.4. The van der Waals surface area contributed by atoms with E-state index in [1.54, 1.807) is 6.08 Å². The van der Waals surface area contributed by atoms with Crippen LogP contribution in [-0.2, 0) is 0 Å². The zero-order valence-corrected chi connectivity index (χ0v) is 9.19. The van der Waals surface area contributed by atoms with Gasteiger partial charge in [-0.1, -0.05) is 18.2 Å². The van der Waals surface area contributed by atoms with Crippen molar-refractivity contribution in [2.24, 2.45) is 0 Å². The molecule has 16 heavy (non-hydrogen) atoms. The summed E-state index contributed by atoms with van der Waals surface area (Å²) in [5.74, 6) is 1.41. The molecule has 1 aliphatic heterocycles. The number of fused-ring (bicyclic) bond motifs is 1. The fourth-order valence-corrected chi connectivity index (χ4v) is 1.79. The molecule has 0 aliphatic carbocycles. The van der Waals surface area contributed by atoms with Crippen molar-refractivity contribution in [1.29, 1.82) is 0 Å².